The molecular formula is C15H20O2S2. The maximum absolute atomic E-state index is 5.65. The van der Waals surface area contributed by atoms with Gasteiger partial charge >= 0.3 is 0 Å². The highest BCUT2D eigenvalue weighted by Crippen LogP contribution is 2.62. The molecule has 1 atom stereocenters. The minimum absolute atomic E-state index is 0.187. The lowest BCUT2D eigenvalue weighted by atomic mass is 9.83. The summed E-state index contributed by atoms with van der Waals surface area (Å²) in [5.41, 5.74) is 2.75. The molecule has 1 spiro atoms. The van der Waals surface area contributed by atoms with E-state index in [4.69, 9.17) is 9.47 Å². The van der Waals surface area contributed by atoms with Gasteiger partial charge in [-0.2, -0.15) is 0 Å². The molecule has 0 saturated carbocycles. The van der Waals surface area contributed by atoms with Crippen molar-refractivity contribution >= 4 is 23.5 Å². The van der Waals surface area contributed by atoms with Gasteiger partial charge in [-0.3, -0.25) is 0 Å². The first-order chi connectivity index (χ1) is 9.20. The Bertz CT molecular complexity index is 481. The van der Waals surface area contributed by atoms with Crippen LogP contribution in [0.2, 0.25) is 0 Å². The molecular weight excluding hydrogens is 276 g/mol. The van der Waals surface area contributed by atoms with E-state index < -0.39 is 0 Å². The molecule has 0 radical (unpaired) electrons. The summed E-state index contributed by atoms with van der Waals surface area (Å²) in [5.74, 6) is 5.22. The lowest BCUT2D eigenvalue weighted by Crippen LogP contribution is -2.28. The van der Waals surface area contributed by atoms with E-state index in [1.807, 2.05) is 6.07 Å². The summed E-state index contributed by atoms with van der Waals surface area (Å²) in [4.78, 5) is 0. The van der Waals surface area contributed by atoms with E-state index in [2.05, 4.69) is 36.5 Å². The van der Waals surface area contributed by atoms with Crippen molar-refractivity contribution in [1.29, 1.82) is 0 Å². The van der Waals surface area contributed by atoms with Gasteiger partial charge in [-0.15, -0.1) is 23.5 Å². The molecule has 1 aromatic rings. The van der Waals surface area contributed by atoms with Gasteiger partial charge in [0.15, 0.2) is 0 Å². The van der Waals surface area contributed by atoms with Crippen molar-refractivity contribution in [2.24, 2.45) is 5.92 Å². The van der Waals surface area contributed by atoms with Crippen LogP contribution in [0.3, 0.4) is 0 Å². The second-order valence-electron chi connectivity index (χ2n) is 5.29. The normalized spacial score (nSPS) is 24.3. The largest absolute Gasteiger partial charge is 0.496 e. The Morgan fingerprint density at radius 2 is 1.74 bits per heavy atom. The van der Waals surface area contributed by atoms with Crippen LogP contribution < -0.4 is 9.47 Å². The third kappa shape index (κ3) is 2.13. The van der Waals surface area contributed by atoms with Crippen LogP contribution in [-0.2, 0) is 10.5 Å². The maximum Gasteiger partial charge on any atom is 0.124 e. The van der Waals surface area contributed by atoms with Crippen LogP contribution in [0.5, 0.6) is 11.5 Å². The van der Waals surface area contributed by atoms with E-state index in [9.17, 15) is 0 Å². The van der Waals surface area contributed by atoms with Gasteiger partial charge in [0.05, 0.1) is 18.3 Å². The minimum atomic E-state index is 0.187. The molecule has 0 aromatic heterocycles. The third-order valence-corrected chi connectivity index (χ3v) is 7.43. The summed E-state index contributed by atoms with van der Waals surface area (Å²) in [5, 5.41) is 0. The van der Waals surface area contributed by atoms with Crippen molar-refractivity contribution in [3.63, 3.8) is 0 Å². The molecule has 1 aliphatic heterocycles. The fourth-order valence-electron chi connectivity index (χ4n) is 3.29. The van der Waals surface area contributed by atoms with Crippen molar-refractivity contribution in [2.45, 2.75) is 23.8 Å². The molecule has 3 rings (SSSR count). The maximum atomic E-state index is 5.65. The molecule has 2 nitrogen and oxygen atoms in total. The van der Waals surface area contributed by atoms with Gasteiger partial charge < -0.3 is 9.47 Å². The number of methoxy groups -OCH3 is 2. The monoisotopic (exact) mass is 296 g/mol. The van der Waals surface area contributed by atoms with E-state index in [1.165, 1.54) is 29.1 Å². The lowest BCUT2D eigenvalue weighted by Gasteiger charge is -2.39. The predicted molar refractivity (Wildman–Crippen MR) is 83.6 cm³/mol. The third-order valence-electron chi connectivity index (χ3n) is 3.98. The van der Waals surface area contributed by atoms with E-state index in [1.54, 1.807) is 14.2 Å². The molecule has 1 heterocycles. The second kappa shape index (κ2) is 5.13. The van der Waals surface area contributed by atoms with Crippen LogP contribution in [0.25, 0.3) is 0 Å². The molecule has 104 valence electrons. The fraction of sp³-hybridized carbons (Fsp3) is 0.600. The molecule has 1 unspecified atom stereocenters. The average molecular weight is 296 g/mol. The highest BCUT2D eigenvalue weighted by molar-refractivity contribution is 8.20. The van der Waals surface area contributed by atoms with Gasteiger partial charge in [-0.05, 0) is 30.9 Å². The molecule has 0 N–H and O–H groups in total. The van der Waals surface area contributed by atoms with Crippen molar-refractivity contribution in [3.05, 3.63) is 23.3 Å². The molecule has 1 fully saturated rings. The zero-order valence-electron chi connectivity index (χ0n) is 11.7. The van der Waals surface area contributed by atoms with Crippen molar-refractivity contribution in [3.8, 4) is 11.5 Å². The quantitative estimate of drug-likeness (QED) is 0.823. The molecule has 0 bridgehead atoms. The Kier molecular flexibility index (Phi) is 3.65. The fourth-order valence-corrected chi connectivity index (χ4v) is 6.99. The zero-order valence-corrected chi connectivity index (χ0v) is 13.3. The standard InChI is InChI=1S/C15H20O2S2/c1-10-8-11-12(16-2)4-5-13(17-3)14(11)15(9-10)18-6-7-19-15/h4-5,10H,6-9H2,1-3H3. The van der Waals surface area contributed by atoms with Crippen LogP contribution in [0.15, 0.2) is 12.1 Å². The van der Waals surface area contributed by atoms with Crippen LogP contribution in [0.1, 0.15) is 24.5 Å². The van der Waals surface area contributed by atoms with Crippen molar-refractivity contribution in [1.82, 2.24) is 0 Å². The predicted octanol–water partition coefficient (Wildman–Crippen LogP) is 3.92. The Balaban J connectivity index is 2.21. The van der Waals surface area contributed by atoms with Gasteiger partial charge in [0.2, 0.25) is 0 Å². The number of hydrogen-bond acceptors (Lipinski definition) is 4. The molecule has 4 heteroatoms. The van der Waals surface area contributed by atoms with Gasteiger partial charge in [0, 0.05) is 22.6 Å². The van der Waals surface area contributed by atoms with Crippen molar-refractivity contribution in [2.75, 3.05) is 25.7 Å². The van der Waals surface area contributed by atoms with Crippen LogP contribution in [-0.4, -0.2) is 25.7 Å². The van der Waals surface area contributed by atoms with Crippen LogP contribution in [0, 0.1) is 5.92 Å². The highest BCUT2D eigenvalue weighted by Gasteiger charge is 2.46. The lowest BCUT2D eigenvalue weighted by molar-refractivity contribution is 0.373. The smallest absolute Gasteiger partial charge is 0.124 e. The average Bonchev–Trinajstić information content (AvgIpc) is 2.86. The van der Waals surface area contributed by atoms with Gasteiger partial charge in [-0.1, -0.05) is 6.92 Å². The van der Waals surface area contributed by atoms with Gasteiger partial charge in [-0.25, -0.2) is 0 Å². The molecule has 0 amide bonds. The molecule has 1 saturated heterocycles. The number of ether oxygens (including phenoxy) is 2. The molecule has 2 aliphatic rings. The number of thioether (sulfide) groups is 2. The molecule has 19 heavy (non-hydrogen) atoms. The molecule has 1 aromatic carbocycles. The number of hydrogen-bond donors (Lipinski definition) is 0. The second-order valence-corrected chi connectivity index (χ2v) is 8.33. The summed E-state index contributed by atoms with van der Waals surface area (Å²) in [6, 6.07) is 4.11. The summed E-state index contributed by atoms with van der Waals surface area (Å²) >= 11 is 4.18. The number of benzene rings is 1. The minimum Gasteiger partial charge on any atom is -0.496 e. The number of rotatable bonds is 2. The van der Waals surface area contributed by atoms with E-state index in [0.717, 1.165) is 17.9 Å². The Labute approximate surface area is 123 Å². The Morgan fingerprint density at radius 3 is 2.37 bits per heavy atom. The first kappa shape index (κ1) is 13.5. The van der Waals surface area contributed by atoms with Crippen LogP contribution in [0.4, 0.5) is 0 Å². The van der Waals surface area contributed by atoms with Gasteiger partial charge in [0.1, 0.15) is 11.5 Å². The van der Waals surface area contributed by atoms with Crippen molar-refractivity contribution < 1.29 is 9.47 Å². The molecule has 1 aliphatic carbocycles. The first-order valence-corrected chi connectivity index (χ1v) is 8.69. The van der Waals surface area contributed by atoms with E-state index in [0.29, 0.717) is 5.92 Å². The first-order valence-electron chi connectivity index (χ1n) is 6.72. The SMILES string of the molecule is COc1ccc(OC)c2c1CC(C)CC21SCCS1. The summed E-state index contributed by atoms with van der Waals surface area (Å²) in [7, 11) is 3.54. The Morgan fingerprint density at radius 1 is 1.11 bits per heavy atom. The zero-order chi connectivity index (χ0) is 13.5. The summed E-state index contributed by atoms with van der Waals surface area (Å²) in [6.45, 7) is 2.35. The van der Waals surface area contributed by atoms with Crippen LogP contribution >= 0.6 is 23.5 Å². The topological polar surface area (TPSA) is 18.5 Å². The van der Waals surface area contributed by atoms with E-state index in [-0.39, 0.29) is 4.08 Å². The van der Waals surface area contributed by atoms with Gasteiger partial charge in [0.25, 0.3) is 0 Å². The summed E-state index contributed by atoms with van der Waals surface area (Å²) in [6.07, 6.45) is 2.33. The highest BCUT2D eigenvalue weighted by atomic mass is 32.2. The number of fused-ring (bicyclic) bond motifs is 2. The summed E-state index contributed by atoms with van der Waals surface area (Å²) < 4.78 is 11.4. The van der Waals surface area contributed by atoms with E-state index >= 15 is 0 Å². The Hall–Kier alpha value is -0.480.